The number of hydrogen-bond donors (Lipinski definition) is 1. The Bertz CT molecular complexity index is 498. The highest BCUT2D eigenvalue weighted by atomic mass is 35.5. The number of halogens is 1. The maximum Gasteiger partial charge on any atom is 0.407 e. The number of amides is 1. The molecule has 0 saturated carbocycles. The van der Waals surface area contributed by atoms with Gasteiger partial charge in [-0.05, 0) is 37.8 Å². The van der Waals surface area contributed by atoms with Crippen LogP contribution >= 0.6 is 11.6 Å². The Balaban J connectivity index is 1.70. The lowest BCUT2D eigenvalue weighted by Crippen LogP contribution is -2.53. The van der Waals surface area contributed by atoms with E-state index in [-0.39, 0.29) is 5.54 Å². The van der Waals surface area contributed by atoms with Gasteiger partial charge in [0.2, 0.25) is 0 Å². The van der Waals surface area contributed by atoms with Crippen molar-refractivity contribution >= 4 is 23.4 Å². The first-order chi connectivity index (χ1) is 9.61. The lowest BCUT2D eigenvalue weighted by atomic mass is 9.85. The highest BCUT2D eigenvalue weighted by molar-refractivity contribution is 6.29. The number of piperidine rings is 1. The van der Waals surface area contributed by atoms with E-state index in [1.807, 2.05) is 6.07 Å². The van der Waals surface area contributed by atoms with E-state index in [0.29, 0.717) is 11.7 Å². The first kappa shape index (κ1) is 13.5. The van der Waals surface area contributed by atoms with E-state index in [4.69, 9.17) is 11.6 Å². The van der Waals surface area contributed by atoms with Gasteiger partial charge in [-0.1, -0.05) is 11.6 Å². The Kier molecular flexibility index (Phi) is 3.46. The molecule has 1 spiro atoms. The maximum absolute atomic E-state index is 11.4. The molecule has 1 aromatic rings. The second-order valence-corrected chi connectivity index (χ2v) is 5.98. The van der Waals surface area contributed by atoms with Crippen LogP contribution in [0.3, 0.4) is 0 Å². The fraction of sp³-hybridized carbons (Fsp3) is 0.571. The summed E-state index contributed by atoms with van der Waals surface area (Å²) in [6.45, 7) is 2.41. The minimum atomic E-state index is -0.774. The minimum Gasteiger partial charge on any atom is -0.465 e. The first-order valence-corrected chi connectivity index (χ1v) is 7.36. The number of hydrogen-bond acceptors (Lipinski definition) is 3. The van der Waals surface area contributed by atoms with Gasteiger partial charge in [-0.25, -0.2) is 9.78 Å². The van der Waals surface area contributed by atoms with Gasteiger partial charge in [0, 0.05) is 25.2 Å². The van der Waals surface area contributed by atoms with E-state index < -0.39 is 6.09 Å². The molecule has 108 valence electrons. The molecule has 0 radical (unpaired) electrons. The van der Waals surface area contributed by atoms with Crippen LogP contribution in [0.5, 0.6) is 0 Å². The van der Waals surface area contributed by atoms with E-state index in [2.05, 4.69) is 9.88 Å². The van der Waals surface area contributed by atoms with Crippen LogP contribution in [0.25, 0.3) is 0 Å². The van der Waals surface area contributed by atoms with Gasteiger partial charge in [0.1, 0.15) is 5.15 Å². The summed E-state index contributed by atoms with van der Waals surface area (Å²) < 4.78 is 0. The highest BCUT2D eigenvalue weighted by Gasteiger charge is 2.45. The topological polar surface area (TPSA) is 56.7 Å². The molecule has 1 amide bonds. The predicted molar refractivity (Wildman–Crippen MR) is 77.4 cm³/mol. The van der Waals surface area contributed by atoms with E-state index >= 15 is 0 Å². The Hall–Kier alpha value is -1.49. The summed E-state index contributed by atoms with van der Waals surface area (Å²) in [6.07, 6.45) is 4.76. The molecule has 3 rings (SSSR count). The standard InChI is InChI=1S/C14H18ClN3O2/c15-12-3-2-11(10-16-12)17-8-5-14(6-9-17)4-1-7-18(14)13(19)20/h2-3,10H,1,4-9H2,(H,19,20). The third-order valence-corrected chi connectivity index (χ3v) is 4.82. The summed E-state index contributed by atoms with van der Waals surface area (Å²) in [7, 11) is 0. The monoisotopic (exact) mass is 295 g/mol. The molecule has 1 aromatic heterocycles. The average Bonchev–Trinajstić information content (AvgIpc) is 2.84. The molecule has 1 N–H and O–H groups in total. The van der Waals surface area contributed by atoms with Crippen molar-refractivity contribution in [3.63, 3.8) is 0 Å². The van der Waals surface area contributed by atoms with Gasteiger partial charge >= 0.3 is 6.09 Å². The van der Waals surface area contributed by atoms with Crippen molar-refractivity contribution < 1.29 is 9.90 Å². The average molecular weight is 296 g/mol. The van der Waals surface area contributed by atoms with Gasteiger partial charge < -0.3 is 14.9 Å². The summed E-state index contributed by atoms with van der Waals surface area (Å²) in [5.74, 6) is 0. The van der Waals surface area contributed by atoms with Crippen LogP contribution in [-0.4, -0.2) is 46.3 Å². The molecule has 20 heavy (non-hydrogen) atoms. The Morgan fingerprint density at radius 1 is 1.25 bits per heavy atom. The molecule has 2 aliphatic heterocycles. The molecule has 0 aliphatic carbocycles. The van der Waals surface area contributed by atoms with Crippen LogP contribution < -0.4 is 4.90 Å². The summed E-state index contributed by atoms with van der Waals surface area (Å²) in [5, 5.41) is 9.83. The molecule has 0 bridgehead atoms. The zero-order valence-corrected chi connectivity index (χ0v) is 12.0. The summed E-state index contributed by atoms with van der Waals surface area (Å²) in [4.78, 5) is 19.4. The number of pyridine rings is 1. The fourth-order valence-corrected chi connectivity index (χ4v) is 3.60. The molecule has 2 fully saturated rings. The van der Waals surface area contributed by atoms with Crippen LogP contribution in [0.15, 0.2) is 18.3 Å². The second-order valence-electron chi connectivity index (χ2n) is 5.59. The van der Waals surface area contributed by atoms with Gasteiger partial charge in [-0.15, -0.1) is 0 Å². The van der Waals surface area contributed by atoms with Gasteiger partial charge in [0.15, 0.2) is 0 Å². The van der Waals surface area contributed by atoms with Crippen molar-refractivity contribution in [1.29, 1.82) is 0 Å². The zero-order chi connectivity index (χ0) is 14.2. The third-order valence-electron chi connectivity index (χ3n) is 4.60. The number of carboxylic acid groups (broad SMARTS) is 1. The molecule has 2 saturated heterocycles. The molecule has 0 aromatic carbocycles. The number of rotatable bonds is 1. The lowest BCUT2D eigenvalue weighted by Gasteiger charge is -2.44. The van der Waals surface area contributed by atoms with Gasteiger partial charge in [-0.2, -0.15) is 0 Å². The van der Waals surface area contributed by atoms with Crippen molar-refractivity contribution in [3.05, 3.63) is 23.5 Å². The quantitative estimate of drug-likeness (QED) is 0.810. The Labute approximate surface area is 123 Å². The Morgan fingerprint density at radius 3 is 2.60 bits per heavy atom. The van der Waals surface area contributed by atoms with Crippen molar-refractivity contribution in [1.82, 2.24) is 9.88 Å². The SMILES string of the molecule is O=C(O)N1CCCC12CCN(c1ccc(Cl)nc1)CC2. The van der Waals surface area contributed by atoms with Crippen molar-refractivity contribution in [2.75, 3.05) is 24.5 Å². The minimum absolute atomic E-state index is 0.137. The third kappa shape index (κ3) is 2.30. The van der Waals surface area contributed by atoms with Crippen molar-refractivity contribution in [2.45, 2.75) is 31.2 Å². The van der Waals surface area contributed by atoms with E-state index in [1.165, 1.54) is 0 Å². The second kappa shape index (κ2) is 5.13. The smallest absolute Gasteiger partial charge is 0.407 e. The van der Waals surface area contributed by atoms with Gasteiger partial charge in [0.05, 0.1) is 11.9 Å². The van der Waals surface area contributed by atoms with Gasteiger partial charge in [0.25, 0.3) is 0 Å². The number of aromatic nitrogens is 1. The largest absolute Gasteiger partial charge is 0.465 e. The van der Waals surface area contributed by atoms with Crippen molar-refractivity contribution in [2.24, 2.45) is 0 Å². The van der Waals surface area contributed by atoms with Crippen LogP contribution in [-0.2, 0) is 0 Å². The molecular weight excluding hydrogens is 278 g/mol. The maximum atomic E-state index is 11.4. The molecular formula is C14H18ClN3O2. The molecule has 2 aliphatic rings. The molecule has 6 heteroatoms. The number of likely N-dealkylation sites (tertiary alicyclic amines) is 1. The number of nitrogens with zero attached hydrogens (tertiary/aromatic N) is 3. The number of anilines is 1. The van der Waals surface area contributed by atoms with Crippen LogP contribution in [0.4, 0.5) is 10.5 Å². The summed E-state index contributed by atoms with van der Waals surface area (Å²) in [6, 6.07) is 3.76. The molecule has 0 unspecified atom stereocenters. The van der Waals surface area contributed by atoms with Crippen LogP contribution in [0.1, 0.15) is 25.7 Å². The first-order valence-electron chi connectivity index (χ1n) is 6.98. The fourth-order valence-electron chi connectivity index (χ4n) is 3.49. The van der Waals surface area contributed by atoms with E-state index in [0.717, 1.165) is 44.5 Å². The summed E-state index contributed by atoms with van der Waals surface area (Å²) >= 11 is 5.80. The Morgan fingerprint density at radius 2 is 2.00 bits per heavy atom. The molecule has 5 nitrogen and oxygen atoms in total. The van der Waals surface area contributed by atoms with Gasteiger partial charge in [-0.3, -0.25) is 0 Å². The van der Waals surface area contributed by atoms with Crippen molar-refractivity contribution in [3.8, 4) is 0 Å². The zero-order valence-electron chi connectivity index (χ0n) is 11.3. The van der Waals surface area contributed by atoms with Crippen LogP contribution in [0, 0.1) is 0 Å². The molecule has 3 heterocycles. The summed E-state index contributed by atoms with van der Waals surface area (Å²) in [5.41, 5.74) is 0.923. The molecule has 0 atom stereocenters. The normalized spacial score (nSPS) is 21.4. The number of carbonyl (C=O) groups is 1. The van der Waals surface area contributed by atoms with E-state index in [9.17, 15) is 9.90 Å². The lowest BCUT2D eigenvalue weighted by molar-refractivity contribution is 0.0872. The predicted octanol–water partition coefficient (Wildman–Crippen LogP) is 2.85. The highest BCUT2D eigenvalue weighted by Crippen LogP contribution is 2.39. The van der Waals surface area contributed by atoms with E-state index in [1.54, 1.807) is 17.2 Å². The van der Waals surface area contributed by atoms with Crippen LogP contribution in [0.2, 0.25) is 5.15 Å².